The van der Waals surface area contributed by atoms with E-state index < -0.39 is 0 Å². The number of methoxy groups -OCH3 is 1. The van der Waals surface area contributed by atoms with Crippen molar-refractivity contribution >= 4 is 11.6 Å². The number of aryl methyl sites for hydroxylation is 2. The van der Waals surface area contributed by atoms with Crippen LogP contribution in [0.5, 0.6) is 0 Å². The molecule has 4 nitrogen and oxygen atoms in total. The van der Waals surface area contributed by atoms with Crippen molar-refractivity contribution in [2.75, 3.05) is 32.1 Å². The van der Waals surface area contributed by atoms with Crippen LogP contribution >= 0.6 is 0 Å². The number of carbonyl (C=O) groups excluding carboxylic acids is 1. The summed E-state index contributed by atoms with van der Waals surface area (Å²) >= 11 is 0. The first-order valence-electron chi connectivity index (χ1n) is 6.71. The molecule has 0 aliphatic rings. The van der Waals surface area contributed by atoms with Gasteiger partial charge in [-0.05, 0) is 31.4 Å². The summed E-state index contributed by atoms with van der Waals surface area (Å²) in [5, 5.41) is 6.20. The van der Waals surface area contributed by atoms with Crippen LogP contribution in [0.2, 0.25) is 0 Å². The summed E-state index contributed by atoms with van der Waals surface area (Å²) in [7, 11) is 1.66. The number of para-hydroxylation sites is 1. The molecule has 0 atom stereocenters. The Bertz CT molecular complexity index is 385. The topological polar surface area (TPSA) is 50.4 Å². The van der Waals surface area contributed by atoms with E-state index in [1.807, 2.05) is 6.07 Å². The molecule has 0 aromatic heterocycles. The third kappa shape index (κ3) is 5.75. The Morgan fingerprint density at radius 1 is 1.21 bits per heavy atom. The molecule has 1 aromatic rings. The van der Waals surface area contributed by atoms with Crippen LogP contribution < -0.4 is 10.6 Å². The Balaban J connectivity index is 2.24. The third-order valence-electron chi connectivity index (χ3n) is 2.98. The highest BCUT2D eigenvalue weighted by molar-refractivity contribution is 5.76. The number of ether oxygens (including phenoxy) is 1. The Kier molecular flexibility index (Phi) is 6.97. The third-order valence-corrected chi connectivity index (χ3v) is 2.98. The van der Waals surface area contributed by atoms with Gasteiger partial charge >= 0.3 is 0 Å². The molecule has 0 radical (unpaired) electrons. The highest BCUT2D eigenvalue weighted by Gasteiger charge is 2.03. The van der Waals surface area contributed by atoms with Gasteiger partial charge in [0.05, 0.1) is 0 Å². The quantitative estimate of drug-likeness (QED) is 0.708. The Morgan fingerprint density at radius 3 is 2.53 bits per heavy atom. The first kappa shape index (κ1) is 15.5. The molecule has 0 saturated heterocycles. The van der Waals surface area contributed by atoms with Gasteiger partial charge in [-0.1, -0.05) is 18.2 Å². The van der Waals surface area contributed by atoms with Gasteiger partial charge in [-0.2, -0.15) is 0 Å². The van der Waals surface area contributed by atoms with Gasteiger partial charge in [0, 0.05) is 38.9 Å². The highest BCUT2D eigenvalue weighted by Crippen LogP contribution is 2.18. The van der Waals surface area contributed by atoms with E-state index in [0.717, 1.165) is 12.1 Å². The number of hydrogen-bond acceptors (Lipinski definition) is 3. The van der Waals surface area contributed by atoms with Gasteiger partial charge in [0.2, 0.25) is 5.91 Å². The lowest BCUT2D eigenvalue weighted by Gasteiger charge is -2.12. The van der Waals surface area contributed by atoms with Crippen LogP contribution in [0.1, 0.15) is 24.0 Å². The fourth-order valence-corrected chi connectivity index (χ4v) is 1.93. The van der Waals surface area contributed by atoms with Gasteiger partial charge in [0.15, 0.2) is 0 Å². The van der Waals surface area contributed by atoms with E-state index >= 15 is 0 Å². The summed E-state index contributed by atoms with van der Waals surface area (Å²) in [4.78, 5) is 11.6. The molecule has 1 aromatic carbocycles. The number of rotatable bonds is 8. The Labute approximate surface area is 115 Å². The van der Waals surface area contributed by atoms with Crippen LogP contribution in [0.4, 0.5) is 5.69 Å². The van der Waals surface area contributed by atoms with Crippen LogP contribution in [0, 0.1) is 13.8 Å². The number of hydrogen-bond donors (Lipinski definition) is 2. The normalized spacial score (nSPS) is 10.3. The van der Waals surface area contributed by atoms with E-state index in [2.05, 4.69) is 36.6 Å². The minimum absolute atomic E-state index is 0.0786. The van der Waals surface area contributed by atoms with Gasteiger partial charge in [0.1, 0.15) is 0 Å². The molecule has 0 fully saturated rings. The molecule has 0 spiro atoms. The summed E-state index contributed by atoms with van der Waals surface area (Å²) in [6, 6.07) is 6.18. The lowest BCUT2D eigenvalue weighted by atomic mass is 10.1. The average molecular weight is 264 g/mol. The van der Waals surface area contributed by atoms with Crippen molar-refractivity contribution < 1.29 is 9.53 Å². The fourth-order valence-electron chi connectivity index (χ4n) is 1.93. The summed E-state index contributed by atoms with van der Waals surface area (Å²) in [6.45, 7) is 6.15. The van der Waals surface area contributed by atoms with Crippen LogP contribution in [0.15, 0.2) is 18.2 Å². The molecule has 0 aliphatic carbocycles. The number of carbonyl (C=O) groups is 1. The summed E-state index contributed by atoms with van der Waals surface area (Å²) in [5.41, 5.74) is 3.55. The lowest BCUT2D eigenvalue weighted by molar-refractivity contribution is -0.120. The number of anilines is 1. The van der Waals surface area contributed by atoms with Crippen molar-refractivity contribution in [1.29, 1.82) is 0 Å². The van der Waals surface area contributed by atoms with E-state index in [1.165, 1.54) is 11.1 Å². The van der Waals surface area contributed by atoms with Crippen molar-refractivity contribution in [2.45, 2.75) is 26.7 Å². The molecular weight excluding hydrogens is 240 g/mol. The van der Waals surface area contributed by atoms with Crippen LogP contribution in [-0.2, 0) is 9.53 Å². The second kappa shape index (κ2) is 8.53. The van der Waals surface area contributed by atoms with Gasteiger partial charge in [0.25, 0.3) is 0 Å². The molecule has 4 heteroatoms. The maximum Gasteiger partial charge on any atom is 0.221 e. The smallest absolute Gasteiger partial charge is 0.221 e. The van der Waals surface area contributed by atoms with Gasteiger partial charge in [-0.15, -0.1) is 0 Å². The molecule has 106 valence electrons. The molecule has 0 bridgehead atoms. The van der Waals surface area contributed by atoms with Gasteiger partial charge < -0.3 is 15.4 Å². The number of amides is 1. The molecule has 0 saturated carbocycles. The second-order valence-corrected chi connectivity index (χ2v) is 4.64. The summed E-state index contributed by atoms with van der Waals surface area (Å²) in [6.07, 6.45) is 1.34. The molecule has 0 heterocycles. The van der Waals surface area contributed by atoms with Gasteiger partial charge in [-0.25, -0.2) is 0 Å². The van der Waals surface area contributed by atoms with E-state index in [1.54, 1.807) is 7.11 Å². The first-order chi connectivity index (χ1) is 9.15. The average Bonchev–Trinajstić information content (AvgIpc) is 2.38. The van der Waals surface area contributed by atoms with Gasteiger partial charge in [-0.3, -0.25) is 4.79 Å². The summed E-state index contributed by atoms with van der Waals surface area (Å²) < 4.78 is 4.93. The van der Waals surface area contributed by atoms with Crippen molar-refractivity contribution in [3.63, 3.8) is 0 Å². The first-order valence-corrected chi connectivity index (χ1v) is 6.71. The van der Waals surface area contributed by atoms with E-state index in [0.29, 0.717) is 26.1 Å². The zero-order chi connectivity index (χ0) is 14.1. The van der Waals surface area contributed by atoms with Crippen molar-refractivity contribution in [1.82, 2.24) is 5.32 Å². The molecule has 2 N–H and O–H groups in total. The predicted molar refractivity (Wildman–Crippen MR) is 78.5 cm³/mol. The fraction of sp³-hybridized carbons (Fsp3) is 0.533. The molecule has 1 rings (SSSR count). The molecule has 0 aliphatic heterocycles. The van der Waals surface area contributed by atoms with Crippen LogP contribution in [0.25, 0.3) is 0 Å². The van der Waals surface area contributed by atoms with E-state index in [4.69, 9.17) is 4.74 Å². The molecule has 0 unspecified atom stereocenters. The standard InChI is InChI=1S/C15H24N2O2/c1-12-6-4-7-13(2)15(12)17-10-8-14(18)16-9-5-11-19-3/h4,6-7,17H,5,8-11H2,1-3H3,(H,16,18). The summed E-state index contributed by atoms with van der Waals surface area (Å²) in [5.74, 6) is 0.0786. The Morgan fingerprint density at radius 2 is 1.89 bits per heavy atom. The highest BCUT2D eigenvalue weighted by atomic mass is 16.5. The molecule has 19 heavy (non-hydrogen) atoms. The lowest BCUT2D eigenvalue weighted by Crippen LogP contribution is -2.27. The number of benzene rings is 1. The maximum atomic E-state index is 11.6. The van der Waals surface area contributed by atoms with Crippen molar-refractivity contribution in [2.24, 2.45) is 0 Å². The molecule has 1 amide bonds. The van der Waals surface area contributed by atoms with Crippen LogP contribution in [0.3, 0.4) is 0 Å². The predicted octanol–water partition coefficient (Wildman–Crippen LogP) is 2.26. The number of nitrogens with one attached hydrogen (secondary N) is 2. The minimum Gasteiger partial charge on any atom is -0.385 e. The maximum absolute atomic E-state index is 11.6. The van der Waals surface area contributed by atoms with E-state index in [9.17, 15) is 4.79 Å². The second-order valence-electron chi connectivity index (χ2n) is 4.64. The monoisotopic (exact) mass is 264 g/mol. The minimum atomic E-state index is 0.0786. The van der Waals surface area contributed by atoms with Crippen molar-refractivity contribution in [3.8, 4) is 0 Å². The zero-order valence-electron chi connectivity index (χ0n) is 12.1. The Hall–Kier alpha value is -1.55. The largest absolute Gasteiger partial charge is 0.385 e. The SMILES string of the molecule is COCCCNC(=O)CCNc1c(C)cccc1C. The molecular formula is C15H24N2O2. The van der Waals surface area contributed by atoms with Crippen molar-refractivity contribution in [3.05, 3.63) is 29.3 Å². The van der Waals surface area contributed by atoms with Crippen LogP contribution in [-0.4, -0.2) is 32.7 Å². The van der Waals surface area contributed by atoms with E-state index in [-0.39, 0.29) is 5.91 Å². The zero-order valence-corrected chi connectivity index (χ0v) is 12.1.